The van der Waals surface area contributed by atoms with Gasteiger partial charge in [-0.3, -0.25) is 4.68 Å². The van der Waals surface area contributed by atoms with Gasteiger partial charge in [-0.25, -0.2) is 4.79 Å². The number of aromatic hydroxyl groups is 1. The Morgan fingerprint density at radius 2 is 2.12 bits per heavy atom. The highest BCUT2D eigenvalue weighted by Crippen LogP contribution is 2.28. The first-order valence-electron chi connectivity index (χ1n) is 8.68. The highest BCUT2D eigenvalue weighted by atomic mass is 16.6. The van der Waals surface area contributed by atoms with E-state index in [1.165, 1.54) is 12.8 Å². The summed E-state index contributed by atoms with van der Waals surface area (Å²) >= 11 is 0. The monoisotopic (exact) mass is 343 g/mol. The van der Waals surface area contributed by atoms with Crippen molar-refractivity contribution < 1.29 is 14.6 Å². The van der Waals surface area contributed by atoms with Crippen LogP contribution in [0.3, 0.4) is 0 Å². The molecule has 1 aliphatic rings. The minimum absolute atomic E-state index is 0.168. The molecule has 0 saturated heterocycles. The standard InChI is InChI=1S/C19H25N3O3/c1-13-10-14(8-9-18(13)23)16-11-20-22(3)17(16)12-25-19(24)21(2)15-6-4-5-7-15/h8-11,15,23H,4-7,12H2,1-3H3. The van der Waals surface area contributed by atoms with Crippen LogP contribution in [0.2, 0.25) is 0 Å². The van der Waals surface area contributed by atoms with E-state index in [1.54, 1.807) is 21.8 Å². The van der Waals surface area contributed by atoms with Crippen molar-refractivity contribution in [1.29, 1.82) is 0 Å². The normalized spacial score (nSPS) is 14.7. The molecular formula is C19H25N3O3. The zero-order valence-corrected chi connectivity index (χ0v) is 15.0. The van der Waals surface area contributed by atoms with E-state index in [4.69, 9.17) is 4.74 Å². The number of benzene rings is 1. The first-order chi connectivity index (χ1) is 12.0. The van der Waals surface area contributed by atoms with Crippen LogP contribution in [-0.2, 0) is 18.4 Å². The van der Waals surface area contributed by atoms with E-state index >= 15 is 0 Å². The zero-order valence-electron chi connectivity index (χ0n) is 15.0. The summed E-state index contributed by atoms with van der Waals surface area (Å²) in [7, 11) is 3.65. The maximum absolute atomic E-state index is 12.3. The predicted octanol–water partition coefficient (Wildman–Crippen LogP) is 3.61. The van der Waals surface area contributed by atoms with E-state index in [2.05, 4.69) is 5.10 Å². The zero-order chi connectivity index (χ0) is 18.0. The SMILES string of the molecule is Cc1cc(-c2cnn(C)c2COC(=O)N(C)C2CCCC2)ccc1O. The molecule has 25 heavy (non-hydrogen) atoms. The van der Waals surface area contributed by atoms with Crippen LogP contribution in [0.15, 0.2) is 24.4 Å². The fourth-order valence-corrected chi connectivity index (χ4v) is 3.37. The van der Waals surface area contributed by atoms with Crippen molar-refractivity contribution in [3.8, 4) is 16.9 Å². The largest absolute Gasteiger partial charge is 0.508 e. The Bertz CT molecular complexity index is 763. The molecule has 134 valence electrons. The minimum Gasteiger partial charge on any atom is -0.508 e. The number of nitrogens with zero attached hydrogens (tertiary/aromatic N) is 3. The van der Waals surface area contributed by atoms with Gasteiger partial charge in [-0.15, -0.1) is 0 Å². The molecule has 3 rings (SSSR count). The Hall–Kier alpha value is -2.50. The van der Waals surface area contributed by atoms with Crippen molar-refractivity contribution >= 4 is 6.09 Å². The van der Waals surface area contributed by atoms with Crippen LogP contribution < -0.4 is 0 Å². The van der Waals surface area contributed by atoms with Crippen molar-refractivity contribution in [2.45, 2.75) is 45.3 Å². The van der Waals surface area contributed by atoms with Gasteiger partial charge in [0.1, 0.15) is 12.4 Å². The van der Waals surface area contributed by atoms with Crippen LogP contribution >= 0.6 is 0 Å². The molecule has 1 amide bonds. The molecule has 2 aromatic rings. The first-order valence-corrected chi connectivity index (χ1v) is 8.68. The molecule has 6 heteroatoms. The topological polar surface area (TPSA) is 67.6 Å². The molecule has 0 unspecified atom stereocenters. The van der Waals surface area contributed by atoms with E-state index in [-0.39, 0.29) is 18.4 Å². The Morgan fingerprint density at radius 3 is 2.80 bits per heavy atom. The van der Waals surface area contributed by atoms with Gasteiger partial charge in [0.25, 0.3) is 0 Å². The van der Waals surface area contributed by atoms with Gasteiger partial charge in [0, 0.05) is 25.7 Å². The van der Waals surface area contributed by atoms with Gasteiger partial charge in [0.2, 0.25) is 0 Å². The summed E-state index contributed by atoms with van der Waals surface area (Å²) in [6.45, 7) is 2.02. The number of hydrogen-bond acceptors (Lipinski definition) is 4. The molecule has 0 bridgehead atoms. The lowest BCUT2D eigenvalue weighted by Crippen LogP contribution is -2.35. The average molecular weight is 343 g/mol. The molecule has 1 fully saturated rings. The maximum Gasteiger partial charge on any atom is 0.410 e. The summed E-state index contributed by atoms with van der Waals surface area (Å²) in [5.74, 6) is 0.263. The van der Waals surface area contributed by atoms with E-state index in [0.717, 1.165) is 35.2 Å². The lowest BCUT2D eigenvalue weighted by molar-refractivity contribution is 0.0899. The van der Waals surface area contributed by atoms with Gasteiger partial charge in [-0.05, 0) is 43.0 Å². The molecule has 1 heterocycles. The molecule has 0 atom stereocenters. The molecule has 0 spiro atoms. The summed E-state index contributed by atoms with van der Waals surface area (Å²) in [5.41, 5.74) is 3.48. The highest BCUT2D eigenvalue weighted by Gasteiger charge is 2.25. The number of aryl methyl sites for hydroxylation is 2. The van der Waals surface area contributed by atoms with Crippen LogP contribution in [0.5, 0.6) is 5.75 Å². The van der Waals surface area contributed by atoms with Crippen molar-refractivity contribution in [3.63, 3.8) is 0 Å². The van der Waals surface area contributed by atoms with Crippen LogP contribution in [-0.4, -0.2) is 39.0 Å². The van der Waals surface area contributed by atoms with Gasteiger partial charge in [0.05, 0.1) is 11.9 Å². The molecule has 1 N–H and O–H groups in total. The van der Waals surface area contributed by atoms with Gasteiger partial charge in [0.15, 0.2) is 0 Å². The highest BCUT2D eigenvalue weighted by molar-refractivity contribution is 5.69. The van der Waals surface area contributed by atoms with Crippen molar-refractivity contribution in [2.24, 2.45) is 7.05 Å². The lowest BCUT2D eigenvalue weighted by Gasteiger charge is -2.23. The molecule has 1 saturated carbocycles. The lowest BCUT2D eigenvalue weighted by atomic mass is 10.0. The number of ether oxygens (including phenoxy) is 1. The van der Waals surface area contributed by atoms with Crippen molar-refractivity contribution in [2.75, 3.05) is 7.05 Å². The average Bonchev–Trinajstić information content (AvgIpc) is 3.24. The number of aromatic nitrogens is 2. The maximum atomic E-state index is 12.3. The molecular weight excluding hydrogens is 318 g/mol. The third-order valence-corrected chi connectivity index (χ3v) is 5.06. The quantitative estimate of drug-likeness (QED) is 0.921. The number of phenolic OH excluding ortho intramolecular Hbond substituents is 1. The smallest absolute Gasteiger partial charge is 0.410 e. The molecule has 1 aliphatic carbocycles. The minimum atomic E-state index is -0.291. The number of hydrogen-bond donors (Lipinski definition) is 1. The fourth-order valence-electron chi connectivity index (χ4n) is 3.37. The van der Waals surface area contributed by atoms with Crippen molar-refractivity contribution in [3.05, 3.63) is 35.7 Å². The Kier molecular flexibility index (Phi) is 4.97. The van der Waals surface area contributed by atoms with Crippen LogP contribution in [0.25, 0.3) is 11.1 Å². The fraction of sp³-hybridized carbons (Fsp3) is 0.474. The van der Waals surface area contributed by atoms with Crippen LogP contribution in [0.4, 0.5) is 4.79 Å². The van der Waals surface area contributed by atoms with Gasteiger partial charge in [-0.1, -0.05) is 18.9 Å². The number of carbonyl (C=O) groups is 1. The molecule has 6 nitrogen and oxygen atoms in total. The summed E-state index contributed by atoms with van der Waals surface area (Å²) in [6.07, 6.45) is 5.92. The summed E-state index contributed by atoms with van der Waals surface area (Å²) in [4.78, 5) is 14.0. The second-order valence-corrected chi connectivity index (χ2v) is 6.73. The second kappa shape index (κ2) is 7.17. The van der Waals surface area contributed by atoms with E-state index in [0.29, 0.717) is 6.04 Å². The molecule has 0 radical (unpaired) electrons. The third kappa shape index (κ3) is 3.62. The van der Waals surface area contributed by atoms with Gasteiger partial charge >= 0.3 is 6.09 Å². The number of carbonyl (C=O) groups excluding carboxylic acids is 1. The summed E-state index contributed by atoms with van der Waals surface area (Å²) < 4.78 is 7.26. The van der Waals surface area contributed by atoms with Gasteiger partial charge in [-0.2, -0.15) is 5.10 Å². The third-order valence-electron chi connectivity index (χ3n) is 5.06. The molecule has 0 aliphatic heterocycles. The summed E-state index contributed by atoms with van der Waals surface area (Å²) in [5, 5.41) is 14.0. The Morgan fingerprint density at radius 1 is 1.40 bits per heavy atom. The van der Waals surface area contributed by atoms with Gasteiger partial charge < -0.3 is 14.7 Å². The number of amides is 1. The van der Waals surface area contributed by atoms with E-state index < -0.39 is 0 Å². The van der Waals surface area contributed by atoms with Crippen molar-refractivity contribution in [1.82, 2.24) is 14.7 Å². The molecule has 1 aromatic heterocycles. The Labute approximate surface area is 148 Å². The van der Waals surface area contributed by atoms with Crippen LogP contribution in [0.1, 0.15) is 36.9 Å². The predicted molar refractivity (Wildman–Crippen MR) is 95.2 cm³/mol. The molecule has 1 aromatic carbocycles. The number of phenols is 1. The first kappa shape index (κ1) is 17.3. The second-order valence-electron chi connectivity index (χ2n) is 6.73. The summed E-state index contributed by atoms with van der Waals surface area (Å²) in [6, 6.07) is 5.71. The van der Waals surface area contributed by atoms with Crippen LogP contribution in [0, 0.1) is 6.92 Å². The van der Waals surface area contributed by atoms with E-state index in [9.17, 15) is 9.90 Å². The number of rotatable bonds is 4. The Balaban J connectivity index is 1.73. The van der Waals surface area contributed by atoms with E-state index in [1.807, 2.05) is 33.2 Å².